The molecule has 0 saturated heterocycles. The van der Waals surface area contributed by atoms with Gasteiger partial charge in [-0.1, -0.05) is 182 Å². The summed E-state index contributed by atoms with van der Waals surface area (Å²) in [7, 11) is 0. The van der Waals surface area contributed by atoms with Crippen LogP contribution in [0.3, 0.4) is 0 Å². The van der Waals surface area contributed by atoms with E-state index in [1.54, 1.807) is 0 Å². The molecule has 0 radical (unpaired) electrons. The first kappa shape index (κ1) is 32.4. The van der Waals surface area contributed by atoms with Gasteiger partial charge in [-0.05, 0) is 85.6 Å². The molecule has 0 atom stereocenters. The summed E-state index contributed by atoms with van der Waals surface area (Å²) in [4.78, 5) is 5.11. The van der Waals surface area contributed by atoms with Crippen molar-refractivity contribution < 1.29 is 4.42 Å². The Morgan fingerprint density at radius 2 is 1.05 bits per heavy atom. The fourth-order valence-corrected chi connectivity index (χ4v) is 11.1. The lowest BCUT2D eigenvalue weighted by atomic mass is 9.67. The maximum Gasteiger partial charge on any atom is 0.159 e. The third-order valence-electron chi connectivity index (χ3n) is 12.2. The largest absolute Gasteiger partial charge is 0.454 e. The Kier molecular flexibility index (Phi) is 7.17. The molecule has 2 aliphatic rings. The van der Waals surface area contributed by atoms with Crippen molar-refractivity contribution in [1.29, 1.82) is 0 Å². The van der Waals surface area contributed by atoms with E-state index in [1.807, 2.05) is 11.8 Å². The van der Waals surface area contributed by atoms with E-state index in [4.69, 9.17) is 4.42 Å². The predicted octanol–water partition coefficient (Wildman–Crippen LogP) is 14.6. The number of rotatable bonds is 5. The number of furan rings is 1. The van der Waals surface area contributed by atoms with Gasteiger partial charge in [-0.25, -0.2) is 0 Å². The average molecular weight is 746 g/mol. The molecule has 1 spiro atoms. The predicted molar refractivity (Wildman–Crippen MR) is 237 cm³/mol. The Labute approximate surface area is 335 Å². The number of para-hydroxylation sites is 3. The molecule has 2 heterocycles. The van der Waals surface area contributed by atoms with Crippen LogP contribution < -0.4 is 4.90 Å². The first-order valence-corrected chi connectivity index (χ1v) is 20.4. The van der Waals surface area contributed by atoms with Gasteiger partial charge in [0.25, 0.3) is 0 Å². The Balaban J connectivity index is 1.17. The van der Waals surface area contributed by atoms with Gasteiger partial charge in [0.2, 0.25) is 0 Å². The van der Waals surface area contributed by atoms with Crippen molar-refractivity contribution in [3.8, 4) is 22.3 Å². The zero-order chi connectivity index (χ0) is 37.5. The molecule has 0 saturated carbocycles. The summed E-state index contributed by atoms with van der Waals surface area (Å²) in [5.41, 5.74) is 15.1. The summed E-state index contributed by atoms with van der Waals surface area (Å²) >= 11 is 1.89. The molecule has 1 aromatic heterocycles. The molecule has 1 aliphatic carbocycles. The van der Waals surface area contributed by atoms with E-state index in [9.17, 15) is 0 Å². The quantitative estimate of drug-likeness (QED) is 0.175. The first-order valence-electron chi connectivity index (χ1n) is 19.6. The molecule has 1 aliphatic heterocycles. The minimum absolute atomic E-state index is 0.478. The minimum Gasteiger partial charge on any atom is -0.454 e. The smallest absolute Gasteiger partial charge is 0.159 e. The zero-order valence-electron chi connectivity index (χ0n) is 31.0. The molecule has 0 bridgehead atoms. The van der Waals surface area contributed by atoms with Crippen LogP contribution in [0.5, 0.6) is 0 Å². The van der Waals surface area contributed by atoms with E-state index >= 15 is 0 Å². The molecule has 57 heavy (non-hydrogen) atoms. The lowest BCUT2D eigenvalue weighted by Gasteiger charge is -2.39. The van der Waals surface area contributed by atoms with Gasteiger partial charge >= 0.3 is 0 Å². The number of hydrogen-bond acceptors (Lipinski definition) is 3. The fourth-order valence-electron chi connectivity index (χ4n) is 9.90. The van der Waals surface area contributed by atoms with Crippen LogP contribution in [0.15, 0.2) is 214 Å². The molecule has 10 aromatic rings. The second-order valence-corrected chi connectivity index (χ2v) is 16.2. The Morgan fingerprint density at radius 1 is 0.439 bits per heavy atom. The summed E-state index contributed by atoms with van der Waals surface area (Å²) in [5, 5.41) is 4.77. The number of anilines is 2. The van der Waals surface area contributed by atoms with E-state index in [0.717, 1.165) is 33.3 Å². The van der Waals surface area contributed by atoms with Crippen molar-refractivity contribution in [1.82, 2.24) is 0 Å². The molecule has 2 nitrogen and oxygen atoms in total. The highest BCUT2D eigenvalue weighted by atomic mass is 32.2. The second-order valence-electron chi connectivity index (χ2n) is 15.1. The van der Waals surface area contributed by atoms with Gasteiger partial charge < -0.3 is 9.32 Å². The van der Waals surface area contributed by atoms with E-state index < -0.39 is 5.41 Å². The maximum absolute atomic E-state index is 6.80. The summed E-state index contributed by atoms with van der Waals surface area (Å²) in [5.74, 6) is 0. The molecule has 268 valence electrons. The van der Waals surface area contributed by atoms with Crippen molar-refractivity contribution in [2.75, 3.05) is 4.90 Å². The summed E-state index contributed by atoms with van der Waals surface area (Å²) in [6, 6.07) is 73.4. The van der Waals surface area contributed by atoms with Crippen molar-refractivity contribution in [3.05, 3.63) is 228 Å². The molecule has 0 N–H and O–H groups in total. The third kappa shape index (κ3) is 4.67. The number of fused-ring (bicyclic) bond motifs is 14. The van der Waals surface area contributed by atoms with Crippen molar-refractivity contribution in [3.63, 3.8) is 0 Å². The second kappa shape index (κ2) is 12.6. The Hall–Kier alpha value is -6.81. The molecule has 3 heteroatoms. The number of benzene rings is 9. The van der Waals surface area contributed by atoms with Crippen LogP contribution in [0.4, 0.5) is 11.4 Å². The molecule has 12 rings (SSSR count). The van der Waals surface area contributed by atoms with Crippen molar-refractivity contribution in [2.24, 2.45) is 0 Å². The van der Waals surface area contributed by atoms with Crippen LogP contribution in [0.2, 0.25) is 0 Å². The van der Waals surface area contributed by atoms with E-state index in [1.165, 1.54) is 70.6 Å². The highest BCUT2D eigenvalue weighted by Gasteiger charge is 2.51. The molecule has 0 unspecified atom stereocenters. The molecule has 0 amide bonds. The van der Waals surface area contributed by atoms with Gasteiger partial charge in [0.1, 0.15) is 5.58 Å². The highest BCUT2D eigenvalue weighted by molar-refractivity contribution is 7.99. The molecular weight excluding hydrogens is 711 g/mol. The fraction of sp³-hybridized carbons (Fsp3) is 0.0370. The summed E-state index contributed by atoms with van der Waals surface area (Å²) in [6.07, 6.45) is 0. The van der Waals surface area contributed by atoms with E-state index in [2.05, 4.69) is 205 Å². The minimum atomic E-state index is -0.478. The molecule has 9 aromatic carbocycles. The van der Waals surface area contributed by atoms with Crippen LogP contribution in [-0.4, -0.2) is 0 Å². The summed E-state index contributed by atoms with van der Waals surface area (Å²) < 4.78 is 6.80. The molecule has 0 fully saturated rings. The van der Waals surface area contributed by atoms with Crippen LogP contribution in [0.1, 0.15) is 27.8 Å². The standard InChI is InChI=1S/C54H35NOS/c1-2-16-35(17-3-1)38-20-6-10-27-46(38)55(47-28-15-23-41-40-22-7-11-29-48(40)56-53(41)47)34-37-19-14-26-44-51(37)52-39-21-5-4-18-36(39)32-33-45(52)54(44)42-24-8-12-30-49(42)57-50-31-13-9-25-43(50)54/h1-33H,34H2. The summed E-state index contributed by atoms with van der Waals surface area (Å²) in [6.45, 7) is 0.625. The number of nitrogens with zero attached hydrogens (tertiary/aromatic N) is 1. The monoisotopic (exact) mass is 745 g/mol. The Morgan fingerprint density at radius 3 is 1.89 bits per heavy atom. The van der Waals surface area contributed by atoms with Gasteiger partial charge in [-0.3, -0.25) is 0 Å². The van der Waals surface area contributed by atoms with Gasteiger partial charge in [0.05, 0.1) is 11.1 Å². The van der Waals surface area contributed by atoms with E-state index in [-0.39, 0.29) is 0 Å². The normalized spacial score (nSPS) is 13.4. The van der Waals surface area contributed by atoms with Gasteiger partial charge in [0.15, 0.2) is 5.58 Å². The highest BCUT2D eigenvalue weighted by Crippen LogP contribution is 2.64. The van der Waals surface area contributed by atoms with Crippen LogP contribution in [0.25, 0.3) is 55.0 Å². The Bertz CT molecular complexity index is 3170. The lowest BCUT2D eigenvalue weighted by molar-refractivity contribution is 0.667. The van der Waals surface area contributed by atoms with Crippen molar-refractivity contribution >= 4 is 55.8 Å². The number of hydrogen-bond donors (Lipinski definition) is 0. The van der Waals surface area contributed by atoms with Crippen LogP contribution in [0, 0.1) is 0 Å². The van der Waals surface area contributed by atoms with Gasteiger partial charge in [-0.2, -0.15) is 0 Å². The van der Waals surface area contributed by atoms with Crippen LogP contribution in [-0.2, 0) is 12.0 Å². The van der Waals surface area contributed by atoms with Crippen LogP contribution >= 0.6 is 11.8 Å². The van der Waals surface area contributed by atoms with Crippen molar-refractivity contribution in [2.45, 2.75) is 21.8 Å². The average Bonchev–Trinajstić information content (AvgIpc) is 3.81. The zero-order valence-corrected chi connectivity index (χ0v) is 31.8. The first-order chi connectivity index (χ1) is 28.3. The lowest BCUT2D eigenvalue weighted by Crippen LogP contribution is -2.32. The van der Waals surface area contributed by atoms with E-state index in [0.29, 0.717) is 6.54 Å². The maximum atomic E-state index is 6.80. The third-order valence-corrected chi connectivity index (χ3v) is 13.4. The topological polar surface area (TPSA) is 16.4 Å². The SMILES string of the molecule is c1ccc(-c2ccccc2N(Cc2cccc3c2-c2c(ccc4ccccc24)C32c3ccccc3Sc3ccccc32)c2cccc3c2oc2ccccc23)cc1. The van der Waals surface area contributed by atoms with Gasteiger partial charge in [0, 0.05) is 38.4 Å². The van der Waals surface area contributed by atoms with Gasteiger partial charge in [-0.15, -0.1) is 0 Å². The molecular formula is C54H35NOS.